The summed E-state index contributed by atoms with van der Waals surface area (Å²) in [7, 11) is 0. The number of pyridine rings is 1. The Hall–Kier alpha value is -2.12. The highest BCUT2D eigenvalue weighted by atomic mass is 19.4. The van der Waals surface area contributed by atoms with Gasteiger partial charge in [0.2, 0.25) is 5.91 Å². The molecule has 1 aliphatic heterocycles. The Labute approximate surface area is 170 Å². The molecule has 8 heteroatoms. The van der Waals surface area contributed by atoms with Crippen LogP contribution >= 0.6 is 0 Å². The fraction of sp³-hybridized carbons (Fsp3) is 0.667. The minimum absolute atomic E-state index is 0.0798. The lowest BCUT2D eigenvalue weighted by atomic mass is 9.95. The Morgan fingerprint density at radius 1 is 1.28 bits per heavy atom. The van der Waals surface area contributed by atoms with Crippen molar-refractivity contribution in [2.75, 3.05) is 11.9 Å². The van der Waals surface area contributed by atoms with E-state index < -0.39 is 11.9 Å². The van der Waals surface area contributed by atoms with Gasteiger partial charge in [0.1, 0.15) is 11.5 Å². The summed E-state index contributed by atoms with van der Waals surface area (Å²) in [5, 5.41) is 3.00. The first-order valence-corrected chi connectivity index (χ1v) is 10.3. The number of amides is 1. The topological polar surface area (TPSA) is 62.3 Å². The molecule has 0 spiro atoms. The van der Waals surface area contributed by atoms with Gasteiger partial charge in [0, 0.05) is 19.0 Å². The number of nitrogens with zero attached hydrogens (tertiary/aromatic N) is 2. The molecule has 162 valence electrons. The lowest BCUT2D eigenvalue weighted by Crippen LogP contribution is -2.51. The molecule has 1 aromatic rings. The second-order valence-corrected chi connectivity index (χ2v) is 7.69. The monoisotopic (exact) mass is 413 g/mol. The van der Waals surface area contributed by atoms with Crippen LogP contribution in [0, 0.1) is 0 Å². The van der Waals surface area contributed by atoms with Gasteiger partial charge >= 0.3 is 6.18 Å². The van der Waals surface area contributed by atoms with Gasteiger partial charge in [0.05, 0.1) is 11.6 Å². The van der Waals surface area contributed by atoms with E-state index in [4.69, 9.17) is 0 Å². The number of hydrogen-bond donors (Lipinski definition) is 1. The second kappa shape index (κ2) is 10.1. The normalized spacial score (nSPS) is 18.4. The smallest absolute Gasteiger partial charge is 0.365 e. The van der Waals surface area contributed by atoms with E-state index in [2.05, 4.69) is 17.2 Å². The Balaban J connectivity index is 2.21. The van der Waals surface area contributed by atoms with Gasteiger partial charge in [-0.15, -0.1) is 0 Å². The number of piperidine rings is 1. The molecule has 0 saturated carbocycles. The third kappa shape index (κ3) is 6.18. The van der Waals surface area contributed by atoms with Gasteiger partial charge in [-0.1, -0.05) is 19.8 Å². The summed E-state index contributed by atoms with van der Waals surface area (Å²) in [5.74, 6) is -0.360. The van der Waals surface area contributed by atoms with E-state index in [1.54, 1.807) is 0 Å². The lowest BCUT2D eigenvalue weighted by Gasteiger charge is -2.40. The maximum absolute atomic E-state index is 13.1. The summed E-state index contributed by atoms with van der Waals surface area (Å²) in [5.41, 5.74) is -0.935. The van der Waals surface area contributed by atoms with Crippen LogP contribution in [0.25, 0.3) is 0 Å². The number of anilines is 1. The summed E-state index contributed by atoms with van der Waals surface area (Å²) in [6, 6.07) is 1.49. The van der Waals surface area contributed by atoms with Crippen molar-refractivity contribution < 1.29 is 22.8 Å². The van der Waals surface area contributed by atoms with Crippen molar-refractivity contribution in [2.24, 2.45) is 0 Å². The quantitative estimate of drug-likeness (QED) is 0.478. The molecule has 1 saturated heterocycles. The fourth-order valence-electron chi connectivity index (χ4n) is 3.78. The Bertz CT molecular complexity index is 722. The maximum Gasteiger partial charge on any atom is 0.433 e. The molecule has 1 fully saturated rings. The molecule has 0 radical (unpaired) electrons. The predicted molar refractivity (Wildman–Crippen MR) is 106 cm³/mol. The van der Waals surface area contributed by atoms with Crippen LogP contribution < -0.4 is 5.32 Å². The summed E-state index contributed by atoms with van der Waals surface area (Å²) in [4.78, 5) is 30.1. The second-order valence-electron chi connectivity index (χ2n) is 7.69. The molecule has 0 bridgehead atoms. The fourth-order valence-corrected chi connectivity index (χ4v) is 3.78. The van der Waals surface area contributed by atoms with E-state index in [9.17, 15) is 22.8 Å². The van der Waals surface area contributed by atoms with Gasteiger partial charge in [0.25, 0.3) is 0 Å². The summed E-state index contributed by atoms with van der Waals surface area (Å²) in [6.07, 6.45) is 1.39. The van der Waals surface area contributed by atoms with Crippen molar-refractivity contribution in [3.63, 3.8) is 0 Å². The number of ketones is 1. The van der Waals surface area contributed by atoms with Crippen LogP contribution in [-0.4, -0.2) is 40.2 Å². The van der Waals surface area contributed by atoms with Gasteiger partial charge in [-0.05, 0) is 51.7 Å². The van der Waals surface area contributed by atoms with Crippen molar-refractivity contribution in [1.29, 1.82) is 0 Å². The predicted octanol–water partition coefficient (Wildman–Crippen LogP) is 5.06. The standard InChI is InChI=1S/C21H30F3N3O2/c1-4-5-6-10-19(29)27-13-8-7-9-17(27)14(2)25-20-16(15(3)28)11-12-18(26-20)21(22,23)24/h11-12,14,17H,4-10,13H2,1-3H3,(H,25,26). The Kier molecular flexibility index (Phi) is 8.05. The van der Waals surface area contributed by atoms with Gasteiger partial charge in [0.15, 0.2) is 5.78 Å². The zero-order chi connectivity index (χ0) is 21.6. The van der Waals surface area contributed by atoms with Crippen molar-refractivity contribution in [3.8, 4) is 0 Å². The van der Waals surface area contributed by atoms with E-state index in [-0.39, 0.29) is 35.2 Å². The number of halogens is 3. The van der Waals surface area contributed by atoms with E-state index in [1.165, 1.54) is 6.92 Å². The van der Waals surface area contributed by atoms with Crippen molar-refractivity contribution in [1.82, 2.24) is 9.88 Å². The molecule has 1 aliphatic rings. The number of nitrogens with one attached hydrogen (secondary N) is 1. The molecular weight excluding hydrogens is 383 g/mol. The minimum atomic E-state index is -4.60. The van der Waals surface area contributed by atoms with E-state index in [0.717, 1.165) is 50.7 Å². The highest BCUT2D eigenvalue weighted by Gasteiger charge is 2.35. The number of alkyl halides is 3. The largest absolute Gasteiger partial charge is 0.433 e. The number of carbonyl (C=O) groups is 2. The number of rotatable bonds is 8. The molecule has 1 amide bonds. The van der Waals surface area contributed by atoms with Crippen LogP contribution in [0.4, 0.5) is 19.0 Å². The zero-order valence-corrected chi connectivity index (χ0v) is 17.3. The molecule has 2 unspecified atom stereocenters. The molecule has 0 aliphatic carbocycles. The third-order valence-electron chi connectivity index (χ3n) is 5.37. The SMILES string of the molecule is CCCCCC(=O)N1CCCCC1C(C)Nc1nc(C(F)(F)F)ccc1C(C)=O. The first-order valence-electron chi connectivity index (χ1n) is 10.3. The molecule has 2 rings (SSSR count). The van der Waals surface area contributed by atoms with Gasteiger partial charge in [-0.3, -0.25) is 9.59 Å². The molecular formula is C21H30F3N3O2. The average Bonchev–Trinajstić information content (AvgIpc) is 2.67. The molecule has 0 aromatic carbocycles. The third-order valence-corrected chi connectivity index (χ3v) is 5.37. The van der Waals surface area contributed by atoms with E-state index >= 15 is 0 Å². The molecule has 5 nitrogen and oxygen atoms in total. The highest BCUT2D eigenvalue weighted by Crippen LogP contribution is 2.30. The maximum atomic E-state index is 13.1. The summed E-state index contributed by atoms with van der Waals surface area (Å²) >= 11 is 0. The van der Waals surface area contributed by atoms with Crippen LogP contribution in [0.2, 0.25) is 0 Å². The zero-order valence-electron chi connectivity index (χ0n) is 17.3. The van der Waals surface area contributed by atoms with Crippen molar-refractivity contribution >= 4 is 17.5 Å². The molecule has 1 N–H and O–H groups in total. The number of aromatic nitrogens is 1. The van der Waals surface area contributed by atoms with Crippen LogP contribution in [0.15, 0.2) is 12.1 Å². The Morgan fingerprint density at radius 2 is 2.00 bits per heavy atom. The molecule has 29 heavy (non-hydrogen) atoms. The van der Waals surface area contributed by atoms with Crippen LogP contribution in [-0.2, 0) is 11.0 Å². The highest BCUT2D eigenvalue weighted by molar-refractivity contribution is 5.98. The van der Waals surface area contributed by atoms with E-state index in [1.807, 2.05) is 11.8 Å². The van der Waals surface area contributed by atoms with Crippen molar-refractivity contribution in [2.45, 2.75) is 84.0 Å². The first-order chi connectivity index (χ1) is 13.6. The van der Waals surface area contributed by atoms with Crippen LogP contribution in [0.5, 0.6) is 0 Å². The van der Waals surface area contributed by atoms with Gasteiger partial charge in [-0.25, -0.2) is 4.98 Å². The van der Waals surface area contributed by atoms with E-state index in [0.29, 0.717) is 13.0 Å². The van der Waals surface area contributed by atoms with Gasteiger partial charge < -0.3 is 10.2 Å². The Morgan fingerprint density at radius 3 is 2.62 bits per heavy atom. The van der Waals surface area contributed by atoms with Crippen LogP contribution in [0.1, 0.15) is 81.8 Å². The van der Waals surface area contributed by atoms with Crippen molar-refractivity contribution in [3.05, 3.63) is 23.4 Å². The number of likely N-dealkylation sites (tertiary alicyclic amines) is 1. The number of hydrogen-bond acceptors (Lipinski definition) is 4. The first kappa shape index (κ1) is 23.2. The number of Topliss-reactive ketones (excluding diaryl/α,β-unsaturated/α-hetero) is 1. The number of unbranched alkanes of at least 4 members (excludes halogenated alkanes) is 2. The molecule has 2 heterocycles. The number of carbonyl (C=O) groups excluding carboxylic acids is 2. The van der Waals surface area contributed by atoms with Crippen LogP contribution in [0.3, 0.4) is 0 Å². The molecule has 1 aromatic heterocycles. The minimum Gasteiger partial charge on any atom is -0.365 e. The molecule has 2 atom stereocenters. The van der Waals surface area contributed by atoms with Gasteiger partial charge in [-0.2, -0.15) is 13.2 Å². The summed E-state index contributed by atoms with van der Waals surface area (Å²) < 4.78 is 39.2. The summed E-state index contributed by atoms with van der Waals surface area (Å²) in [6.45, 7) is 5.85. The average molecular weight is 413 g/mol. The lowest BCUT2D eigenvalue weighted by molar-refractivity contribution is -0.141.